The number of amides is 1. The van der Waals surface area contributed by atoms with E-state index in [1.165, 1.54) is 11.1 Å². The summed E-state index contributed by atoms with van der Waals surface area (Å²) in [5.74, 6) is 1.73. The van der Waals surface area contributed by atoms with Crippen molar-refractivity contribution >= 4 is 12.1 Å². The molecule has 1 saturated heterocycles. The Balaban J connectivity index is 1.49. The molecule has 1 saturated carbocycles. The molecule has 31 heavy (non-hydrogen) atoms. The first-order valence-electron chi connectivity index (χ1n) is 11.7. The van der Waals surface area contributed by atoms with E-state index in [0.717, 1.165) is 25.9 Å². The fourth-order valence-corrected chi connectivity index (χ4v) is 6.12. The minimum atomic E-state index is -0.639. The Hall–Kier alpha value is -2.46. The van der Waals surface area contributed by atoms with E-state index in [0.29, 0.717) is 30.3 Å². The second-order valence-corrected chi connectivity index (χ2v) is 10.0. The van der Waals surface area contributed by atoms with Crippen molar-refractivity contribution in [3.05, 3.63) is 71.8 Å². The summed E-state index contributed by atoms with van der Waals surface area (Å²) in [6, 6.07) is 21.8. The lowest BCUT2D eigenvalue weighted by Gasteiger charge is -2.51. The zero-order valence-electron chi connectivity index (χ0n) is 18.6. The number of hydrogen-bond donors (Lipinski definition) is 1. The second kappa shape index (κ2) is 8.23. The molecule has 2 aromatic carbocycles. The van der Waals surface area contributed by atoms with Gasteiger partial charge < -0.3 is 5.32 Å². The van der Waals surface area contributed by atoms with Crippen molar-refractivity contribution in [3.8, 4) is 0 Å². The molecule has 4 heteroatoms. The normalized spacial score (nSPS) is 31.3. The Kier molecular flexibility index (Phi) is 5.43. The van der Waals surface area contributed by atoms with Gasteiger partial charge in [-0.1, -0.05) is 74.5 Å². The molecule has 4 aliphatic rings. The number of benzene rings is 2. The standard InChI is InChI=1S/C27H33N3O/c1-19(2)15-28-26(31)27-14-22-18-30(17-21-11-7-4-8-12-21)25(23(22)16-29-27)24(27)13-20-9-5-3-6-10-20/h3-12,16,19,22-25H,13-15,17-18H2,1-2H3,(H,28,31)/t22-,23-,24+,25-,27+/m1/s1. The fourth-order valence-electron chi connectivity index (χ4n) is 6.12. The molecular formula is C27H33N3O. The Morgan fingerprint density at radius 2 is 1.77 bits per heavy atom. The average molecular weight is 416 g/mol. The molecule has 1 N–H and O–H groups in total. The second-order valence-electron chi connectivity index (χ2n) is 10.0. The summed E-state index contributed by atoms with van der Waals surface area (Å²) >= 11 is 0. The van der Waals surface area contributed by atoms with Gasteiger partial charge in [-0.2, -0.15) is 0 Å². The van der Waals surface area contributed by atoms with E-state index in [2.05, 4.69) is 90.9 Å². The number of nitrogens with zero attached hydrogens (tertiary/aromatic N) is 2. The van der Waals surface area contributed by atoms with Crippen LogP contribution >= 0.6 is 0 Å². The van der Waals surface area contributed by atoms with E-state index in [1.807, 2.05) is 0 Å². The summed E-state index contributed by atoms with van der Waals surface area (Å²) in [5, 5.41) is 3.25. The van der Waals surface area contributed by atoms with Gasteiger partial charge in [-0.25, -0.2) is 0 Å². The summed E-state index contributed by atoms with van der Waals surface area (Å²) in [6.45, 7) is 7.00. The minimum absolute atomic E-state index is 0.132. The van der Waals surface area contributed by atoms with Crippen molar-refractivity contribution < 1.29 is 4.79 Å². The van der Waals surface area contributed by atoms with E-state index < -0.39 is 5.54 Å². The number of aliphatic imine (C=N–C) groups is 1. The highest BCUT2D eigenvalue weighted by Gasteiger charge is 2.63. The highest BCUT2D eigenvalue weighted by atomic mass is 16.2. The Bertz CT molecular complexity index is 941. The van der Waals surface area contributed by atoms with Gasteiger partial charge in [0.05, 0.1) is 0 Å². The van der Waals surface area contributed by atoms with Gasteiger partial charge in [0.15, 0.2) is 0 Å². The van der Waals surface area contributed by atoms with Crippen LogP contribution in [0.15, 0.2) is 65.7 Å². The number of carbonyl (C=O) groups excluding carboxylic acids is 1. The lowest BCUT2D eigenvalue weighted by molar-refractivity contribution is -0.132. The maximum absolute atomic E-state index is 13.6. The van der Waals surface area contributed by atoms with Crippen LogP contribution in [0.1, 0.15) is 31.4 Å². The lowest BCUT2D eigenvalue weighted by atomic mass is 9.59. The quantitative estimate of drug-likeness (QED) is 0.744. The predicted molar refractivity (Wildman–Crippen MR) is 125 cm³/mol. The van der Waals surface area contributed by atoms with Crippen molar-refractivity contribution in [2.24, 2.45) is 28.7 Å². The molecular weight excluding hydrogens is 382 g/mol. The van der Waals surface area contributed by atoms with Crippen LogP contribution in [-0.2, 0) is 17.8 Å². The summed E-state index contributed by atoms with van der Waals surface area (Å²) in [6.07, 6.45) is 3.91. The third kappa shape index (κ3) is 3.71. The molecule has 0 radical (unpaired) electrons. The third-order valence-electron chi connectivity index (χ3n) is 7.50. The van der Waals surface area contributed by atoms with Gasteiger partial charge in [-0.05, 0) is 35.8 Å². The van der Waals surface area contributed by atoms with Gasteiger partial charge in [0.25, 0.3) is 0 Å². The Morgan fingerprint density at radius 3 is 2.45 bits per heavy atom. The first-order chi connectivity index (χ1) is 15.1. The van der Waals surface area contributed by atoms with Gasteiger partial charge in [0, 0.05) is 43.7 Å². The Morgan fingerprint density at radius 1 is 1.10 bits per heavy atom. The van der Waals surface area contributed by atoms with Crippen LogP contribution in [0.3, 0.4) is 0 Å². The van der Waals surface area contributed by atoms with Crippen LogP contribution < -0.4 is 5.32 Å². The van der Waals surface area contributed by atoms with E-state index in [4.69, 9.17) is 4.99 Å². The van der Waals surface area contributed by atoms with Gasteiger partial charge >= 0.3 is 0 Å². The molecule has 4 bridgehead atoms. The van der Waals surface area contributed by atoms with Crippen LogP contribution in [0.25, 0.3) is 0 Å². The van der Waals surface area contributed by atoms with E-state index >= 15 is 0 Å². The zero-order chi connectivity index (χ0) is 21.4. The average Bonchev–Trinajstić information content (AvgIpc) is 3.08. The summed E-state index contributed by atoms with van der Waals surface area (Å²) in [5.41, 5.74) is 2.01. The molecule has 162 valence electrons. The monoisotopic (exact) mass is 415 g/mol. The van der Waals surface area contributed by atoms with Crippen LogP contribution in [0.4, 0.5) is 0 Å². The van der Waals surface area contributed by atoms with Crippen molar-refractivity contribution in [2.75, 3.05) is 13.1 Å². The molecule has 6 rings (SSSR count). The molecule has 2 aromatic rings. The summed E-state index contributed by atoms with van der Waals surface area (Å²) in [7, 11) is 0. The molecule has 2 fully saturated rings. The van der Waals surface area contributed by atoms with E-state index in [9.17, 15) is 4.79 Å². The molecule has 3 aliphatic heterocycles. The van der Waals surface area contributed by atoms with Crippen LogP contribution in [0.2, 0.25) is 0 Å². The topological polar surface area (TPSA) is 44.7 Å². The number of hydrogen-bond acceptors (Lipinski definition) is 3. The Labute approximate surface area is 185 Å². The summed E-state index contributed by atoms with van der Waals surface area (Å²) in [4.78, 5) is 21.3. The smallest absolute Gasteiger partial charge is 0.248 e. The molecule has 0 unspecified atom stereocenters. The van der Waals surface area contributed by atoms with Gasteiger partial charge in [0.1, 0.15) is 5.54 Å². The molecule has 0 aromatic heterocycles. The van der Waals surface area contributed by atoms with Gasteiger partial charge in [0.2, 0.25) is 5.91 Å². The minimum Gasteiger partial charge on any atom is -0.354 e. The SMILES string of the molecule is CC(C)CNC(=O)[C@@]12C[C@@H]3CN(Cc4ccccc4)[C@H]([C@@H]3C=N1)[C@@H]2Cc1ccccc1. The van der Waals surface area contributed by atoms with Crippen LogP contribution in [-0.4, -0.2) is 41.7 Å². The fraction of sp³-hybridized carbons (Fsp3) is 0.481. The molecule has 1 aliphatic carbocycles. The molecule has 0 spiro atoms. The van der Waals surface area contributed by atoms with Crippen molar-refractivity contribution in [2.45, 2.75) is 44.8 Å². The van der Waals surface area contributed by atoms with E-state index in [-0.39, 0.29) is 11.8 Å². The molecule has 4 nitrogen and oxygen atoms in total. The van der Waals surface area contributed by atoms with Crippen molar-refractivity contribution in [1.82, 2.24) is 10.2 Å². The first kappa shape index (κ1) is 20.4. The van der Waals surface area contributed by atoms with Crippen molar-refractivity contribution in [1.29, 1.82) is 0 Å². The van der Waals surface area contributed by atoms with Crippen molar-refractivity contribution in [3.63, 3.8) is 0 Å². The maximum Gasteiger partial charge on any atom is 0.248 e. The number of rotatable bonds is 7. The molecule has 1 amide bonds. The molecule has 5 atom stereocenters. The maximum atomic E-state index is 13.6. The highest BCUT2D eigenvalue weighted by molar-refractivity contribution is 5.91. The van der Waals surface area contributed by atoms with Crippen LogP contribution in [0.5, 0.6) is 0 Å². The summed E-state index contributed by atoms with van der Waals surface area (Å²) < 4.78 is 0. The predicted octanol–water partition coefficient (Wildman–Crippen LogP) is 3.96. The lowest BCUT2D eigenvalue weighted by Crippen LogP contribution is -2.64. The third-order valence-corrected chi connectivity index (χ3v) is 7.50. The van der Waals surface area contributed by atoms with Crippen LogP contribution in [0, 0.1) is 23.7 Å². The van der Waals surface area contributed by atoms with Gasteiger partial charge in [-0.3, -0.25) is 14.7 Å². The first-order valence-corrected chi connectivity index (χ1v) is 11.7. The highest BCUT2D eigenvalue weighted by Crippen LogP contribution is 2.54. The number of nitrogens with one attached hydrogen (secondary N) is 1. The van der Waals surface area contributed by atoms with Gasteiger partial charge in [-0.15, -0.1) is 0 Å². The number of carbonyl (C=O) groups is 1. The zero-order valence-corrected chi connectivity index (χ0v) is 18.6. The molecule has 3 heterocycles. The number of likely N-dealkylation sites (tertiary alicyclic amines) is 1. The van der Waals surface area contributed by atoms with E-state index in [1.54, 1.807) is 0 Å². The largest absolute Gasteiger partial charge is 0.354 e.